The van der Waals surface area contributed by atoms with Crippen LogP contribution in [-0.4, -0.2) is 25.5 Å². The van der Waals surface area contributed by atoms with Crippen molar-refractivity contribution in [3.8, 4) is 0 Å². The van der Waals surface area contributed by atoms with E-state index in [9.17, 15) is 13.6 Å². The summed E-state index contributed by atoms with van der Waals surface area (Å²) in [6.45, 7) is -0.451. The molecule has 0 amide bonds. The molecule has 2 N–H and O–H groups in total. The summed E-state index contributed by atoms with van der Waals surface area (Å²) < 4.78 is 27.0. The Kier molecular flexibility index (Phi) is 5.64. The highest BCUT2D eigenvalue weighted by Crippen LogP contribution is 1.96. The van der Waals surface area contributed by atoms with Gasteiger partial charge in [-0.05, 0) is 13.0 Å². The van der Waals surface area contributed by atoms with Crippen LogP contribution in [0.25, 0.3) is 0 Å². The predicted molar refractivity (Wildman–Crippen MR) is 35.3 cm³/mol. The van der Waals surface area contributed by atoms with Gasteiger partial charge in [0.1, 0.15) is 0 Å². The summed E-state index contributed by atoms with van der Waals surface area (Å²) in [7, 11) is 0. The molecule has 11 heavy (non-hydrogen) atoms. The fourth-order valence-electron chi connectivity index (χ4n) is 0.475. The first-order chi connectivity index (χ1) is 5.16. The van der Waals surface area contributed by atoms with Gasteiger partial charge in [-0.2, -0.15) is 0 Å². The molecule has 0 aliphatic rings. The van der Waals surface area contributed by atoms with Crippen molar-refractivity contribution in [3.63, 3.8) is 0 Å². The van der Waals surface area contributed by atoms with Crippen molar-refractivity contribution < 1.29 is 18.3 Å². The van der Waals surface area contributed by atoms with E-state index in [1.807, 2.05) is 0 Å². The highest BCUT2D eigenvalue weighted by Gasteiger charge is 2.06. The van der Waals surface area contributed by atoms with Gasteiger partial charge in [-0.15, -0.1) is 0 Å². The molecule has 0 aliphatic carbocycles. The average molecular weight is 167 g/mol. The van der Waals surface area contributed by atoms with E-state index in [1.54, 1.807) is 0 Å². The normalized spacial score (nSPS) is 10.2. The van der Waals surface area contributed by atoms with Gasteiger partial charge in [-0.3, -0.25) is 4.79 Å². The second-order valence-electron chi connectivity index (χ2n) is 1.97. The van der Waals surface area contributed by atoms with Gasteiger partial charge in [0.25, 0.3) is 6.43 Å². The summed E-state index contributed by atoms with van der Waals surface area (Å²) in [5, 5.41) is 0. The summed E-state index contributed by atoms with van der Waals surface area (Å²) in [5.74, 6) is -0.615. The Bertz CT molecular complexity index is 119. The Morgan fingerprint density at radius 3 is 2.64 bits per heavy atom. The third kappa shape index (κ3) is 7.18. The summed E-state index contributed by atoms with van der Waals surface area (Å²) in [6, 6.07) is 0. The number of nitrogens with two attached hydrogens (primary N) is 1. The molecule has 0 aromatic rings. The van der Waals surface area contributed by atoms with Crippen molar-refractivity contribution in [1.29, 1.82) is 0 Å². The van der Waals surface area contributed by atoms with Crippen molar-refractivity contribution in [2.45, 2.75) is 19.3 Å². The third-order valence-corrected chi connectivity index (χ3v) is 0.955. The molecule has 0 atom stereocenters. The van der Waals surface area contributed by atoms with Crippen molar-refractivity contribution in [1.82, 2.24) is 0 Å². The zero-order valence-electron chi connectivity index (χ0n) is 6.06. The summed E-state index contributed by atoms with van der Waals surface area (Å²) in [6.07, 6.45) is -2.00. The van der Waals surface area contributed by atoms with Gasteiger partial charge in [-0.25, -0.2) is 8.78 Å². The number of hydrogen-bond donors (Lipinski definition) is 1. The minimum atomic E-state index is -2.59. The van der Waals surface area contributed by atoms with E-state index in [0.717, 1.165) is 0 Å². The van der Waals surface area contributed by atoms with Crippen LogP contribution < -0.4 is 5.73 Å². The van der Waals surface area contributed by atoms with Gasteiger partial charge in [0, 0.05) is 6.42 Å². The number of carbonyl (C=O) groups is 1. The number of hydrogen-bond acceptors (Lipinski definition) is 3. The third-order valence-electron chi connectivity index (χ3n) is 0.955. The van der Waals surface area contributed by atoms with Crippen LogP contribution >= 0.6 is 0 Å². The molecule has 5 heteroatoms. The topological polar surface area (TPSA) is 52.3 Å². The lowest BCUT2D eigenvalue weighted by atomic mass is 10.3. The average Bonchev–Trinajstić information content (AvgIpc) is 1.97. The molecule has 0 bridgehead atoms. The number of carbonyl (C=O) groups excluding carboxylic acids is 1. The Hall–Kier alpha value is -0.710. The molecule has 0 aromatic carbocycles. The van der Waals surface area contributed by atoms with Gasteiger partial charge in [0.15, 0.2) is 6.61 Å². The van der Waals surface area contributed by atoms with E-state index < -0.39 is 19.0 Å². The maximum absolute atomic E-state index is 11.4. The SMILES string of the molecule is NCCCC(=O)OCC(F)F. The zero-order valence-corrected chi connectivity index (χ0v) is 6.06. The maximum Gasteiger partial charge on any atom is 0.306 e. The molecule has 0 aliphatic heterocycles. The van der Waals surface area contributed by atoms with Gasteiger partial charge in [-0.1, -0.05) is 0 Å². The molecule has 0 radical (unpaired) electrons. The molecule has 66 valence electrons. The number of ether oxygens (including phenoxy) is 1. The quantitative estimate of drug-likeness (QED) is 0.608. The maximum atomic E-state index is 11.4. The summed E-state index contributed by atoms with van der Waals surface area (Å²) >= 11 is 0. The van der Waals surface area contributed by atoms with Crippen molar-refractivity contribution in [2.24, 2.45) is 5.73 Å². The zero-order chi connectivity index (χ0) is 8.69. The molecule has 0 fully saturated rings. The molecule has 0 rings (SSSR count). The molecule has 0 unspecified atom stereocenters. The van der Waals surface area contributed by atoms with Crippen LogP contribution in [0.3, 0.4) is 0 Å². The minimum Gasteiger partial charge on any atom is -0.460 e. The van der Waals surface area contributed by atoms with E-state index in [4.69, 9.17) is 5.73 Å². The lowest BCUT2D eigenvalue weighted by molar-refractivity contribution is -0.147. The van der Waals surface area contributed by atoms with Crippen LogP contribution in [0.2, 0.25) is 0 Å². The van der Waals surface area contributed by atoms with Crippen LogP contribution in [0, 0.1) is 0 Å². The van der Waals surface area contributed by atoms with Crippen molar-refractivity contribution in [2.75, 3.05) is 13.2 Å². The highest BCUT2D eigenvalue weighted by molar-refractivity contribution is 5.69. The van der Waals surface area contributed by atoms with Gasteiger partial charge < -0.3 is 10.5 Å². The van der Waals surface area contributed by atoms with E-state index in [1.165, 1.54) is 0 Å². The van der Waals surface area contributed by atoms with Gasteiger partial charge >= 0.3 is 5.97 Å². The first-order valence-corrected chi connectivity index (χ1v) is 3.30. The van der Waals surface area contributed by atoms with Crippen LogP contribution in [-0.2, 0) is 9.53 Å². The molecule has 0 saturated carbocycles. The molecule has 0 saturated heterocycles. The van der Waals surface area contributed by atoms with Crippen LogP contribution in [0.15, 0.2) is 0 Å². The second-order valence-corrected chi connectivity index (χ2v) is 1.97. The smallest absolute Gasteiger partial charge is 0.306 e. The lowest BCUT2D eigenvalue weighted by Crippen LogP contribution is -2.12. The Morgan fingerprint density at radius 2 is 2.18 bits per heavy atom. The minimum absolute atomic E-state index is 0.114. The molecular formula is C6H11F2NO2. The predicted octanol–water partition coefficient (Wildman–Crippen LogP) is 0.534. The first kappa shape index (κ1) is 10.3. The Balaban J connectivity index is 3.23. The molecular weight excluding hydrogens is 156 g/mol. The molecule has 0 aromatic heterocycles. The van der Waals surface area contributed by atoms with E-state index in [2.05, 4.69) is 4.74 Å². The second kappa shape index (κ2) is 6.03. The number of alkyl halides is 2. The van der Waals surface area contributed by atoms with Crippen LogP contribution in [0.1, 0.15) is 12.8 Å². The van der Waals surface area contributed by atoms with Crippen molar-refractivity contribution in [3.05, 3.63) is 0 Å². The van der Waals surface area contributed by atoms with Crippen LogP contribution in [0.5, 0.6) is 0 Å². The number of rotatable bonds is 5. The van der Waals surface area contributed by atoms with E-state index in [0.29, 0.717) is 13.0 Å². The first-order valence-electron chi connectivity index (χ1n) is 3.30. The van der Waals surface area contributed by atoms with Gasteiger partial charge in [0.05, 0.1) is 0 Å². The fraction of sp³-hybridized carbons (Fsp3) is 0.833. The highest BCUT2D eigenvalue weighted by atomic mass is 19.3. The van der Waals surface area contributed by atoms with Crippen LogP contribution in [0.4, 0.5) is 8.78 Å². The Labute approximate surface area is 63.5 Å². The summed E-state index contributed by atoms with van der Waals surface area (Å²) in [5.41, 5.74) is 5.08. The van der Waals surface area contributed by atoms with Gasteiger partial charge in [0.2, 0.25) is 0 Å². The number of halogens is 2. The van der Waals surface area contributed by atoms with E-state index in [-0.39, 0.29) is 6.42 Å². The largest absolute Gasteiger partial charge is 0.460 e. The lowest BCUT2D eigenvalue weighted by Gasteiger charge is -2.01. The standard InChI is InChI=1S/C6H11F2NO2/c7-5(8)4-11-6(10)2-1-3-9/h5H,1-4,9H2. The molecule has 0 spiro atoms. The molecule has 0 heterocycles. The summed E-state index contributed by atoms with van der Waals surface area (Å²) in [4.78, 5) is 10.5. The Morgan fingerprint density at radius 1 is 1.55 bits per heavy atom. The number of esters is 1. The fourth-order valence-corrected chi connectivity index (χ4v) is 0.475. The van der Waals surface area contributed by atoms with E-state index >= 15 is 0 Å². The monoisotopic (exact) mass is 167 g/mol. The van der Waals surface area contributed by atoms with Crippen molar-refractivity contribution >= 4 is 5.97 Å². The molecule has 3 nitrogen and oxygen atoms in total.